The smallest absolute Gasteiger partial charge is 0.307 e. The predicted molar refractivity (Wildman–Crippen MR) is 64.4 cm³/mol. The molecular weight excluding hydrogens is 216 g/mol. The fourth-order valence-electron chi connectivity index (χ4n) is 1.87. The summed E-state index contributed by atoms with van der Waals surface area (Å²) >= 11 is 0. The second kappa shape index (κ2) is 4.41. The van der Waals surface area contributed by atoms with E-state index in [0.29, 0.717) is 0 Å². The van der Waals surface area contributed by atoms with Crippen molar-refractivity contribution in [2.24, 2.45) is 0 Å². The number of aliphatic carboxylic acids is 1. The average molecular weight is 230 g/mol. The van der Waals surface area contributed by atoms with Gasteiger partial charge in [-0.3, -0.25) is 4.79 Å². The molecule has 0 atom stereocenters. The fraction of sp³-hybridized carbons (Fsp3) is 0.231. The van der Waals surface area contributed by atoms with E-state index >= 15 is 0 Å². The van der Waals surface area contributed by atoms with Crippen LogP contribution in [0.3, 0.4) is 0 Å². The molecule has 4 heteroatoms. The first-order valence-electron chi connectivity index (χ1n) is 5.40. The second-order valence-corrected chi connectivity index (χ2v) is 4.04. The molecule has 0 bridgehead atoms. The van der Waals surface area contributed by atoms with Gasteiger partial charge in [0.1, 0.15) is 5.82 Å². The molecule has 0 radical (unpaired) electrons. The maximum atomic E-state index is 10.7. The molecule has 17 heavy (non-hydrogen) atoms. The number of carboxylic acids is 1. The van der Waals surface area contributed by atoms with Crippen molar-refractivity contribution in [1.29, 1.82) is 0 Å². The number of benzene rings is 1. The highest BCUT2D eigenvalue weighted by molar-refractivity contribution is 5.70. The van der Waals surface area contributed by atoms with Gasteiger partial charge in [-0.05, 0) is 31.5 Å². The third-order valence-electron chi connectivity index (χ3n) is 2.55. The molecule has 0 amide bonds. The van der Waals surface area contributed by atoms with Crippen LogP contribution in [0.25, 0.3) is 5.69 Å². The number of carbonyl (C=O) groups is 1. The molecule has 0 saturated carbocycles. The van der Waals surface area contributed by atoms with Crippen molar-refractivity contribution in [3.8, 4) is 5.69 Å². The number of imidazole rings is 1. The molecule has 0 saturated heterocycles. The number of rotatable bonds is 3. The second-order valence-electron chi connectivity index (χ2n) is 4.04. The van der Waals surface area contributed by atoms with Crippen LogP contribution in [0.2, 0.25) is 0 Å². The van der Waals surface area contributed by atoms with Crippen molar-refractivity contribution in [2.75, 3.05) is 0 Å². The Labute approximate surface area is 99.5 Å². The van der Waals surface area contributed by atoms with Crippen LogP contribution >= 0.6 is 0 Å². The lowest BCUT2D eigenvalue weighted by Gasteiger charge is -2.06. The van der Waals surface area contributed by atoms with Crippen molar-refractivity contribution in [3.63, 3.8) is 0 Å². The SMILES string of the molecule is Cc1cn(-c2cccc(CC(=O)O)c2)c(C)n1. The number of aryl methyl sites for hydroxylation is 2. The summed E-state index contributed by atoms with van der Waals surface area (Å²) in [5.74, 6) is 0.0793. The minimum atomic E-state index is -0.819. The first-order chi connectivity index (χ1) is 8.06. The van der Waals surface area contributed by atoms with E-state index in [0.717, 1.165) is 22.8 Å². The molecule has 1 aromatic carbocycles. The summed E-state index contributed by atoms with van der Waals surface area (Å²) in [7, 11) is 0. The zero-order valence-corrected chi connectivity index (χ0v) is 9.84. The van der Waals surface area contributed by atoms with E-state index in [1.54, 1.807) is 0 Å². The molecule has 1 aromatic heterocycles. The normalized spacial score (nSPS) is 10.5. The van der Waals surface area contributed by atoms with Crippen molar-refractivity contribution in [1.82, 2.24) is 9.55 Å². The van der Waals surface area contributed by atoms with Gasteiger partial charge in [0.2, 0.25) is 0 Å². The van der Waals surface area contributed by atoms with Crippen LogP contribution in [0, 0.1) is 13.8 Å². The van der Waals surface area contributed by atoms with Gasteiger partial charge in [-0.2, -0.15) is 0 Å². The minimum absolute atomic E-state index is 0.0422. The third-order valence-corrected chi connectivity index (χ3v) is 2.55. The monoisotopic (exact) mass is 230 g/mol. The van der Waals surface area contributed by atoms with Gasteiger partial charge >= 0.3 is 5.97 Å². The van der Waals surface area contributed by atoms with Gasteiger partial charge in [0.15, 0.2) is 0 Å². The lowest BCUT2D eigenvalue weighted by atomic mass is 10.1. The molecule has 2 aromatic rings. The van der Waals surface area contributed by atoms with Gasteiger partial charge < -0.3 is 9.67 Å². The van der Waals surface area contributed by atoms with Crippen LogP contribution in [0.4, 0.5) is 0 Å². The van der Waals surface area contributed by atoms with E-state index < -0.39 is 5.97 Å². The lowest BCUT2D eigenvalue weighted by molar-refractivity contribution is -0.136. The predicted octanol–water partition coefficient (Wildman–Crippen LogP) is 2.12. The number of hydrogen-bond donors (Lipinski definition) is 1. The molecule has 0 aliphatic heterocycles. The van der Waals surface area contributed by atoms with E-state index in [9.17, 15) is 4.79 Å². The Morgan fingerprint density at radius 1 is 1.41 bits per heavy atom. The Hall–Kier alpha value is -2.10. The summed E-state index contributed by atoms with van der Waals surface area (Å²) in [6.45, 7) is 3.86. The van der Waals surface area contributed by atoms with E-state index in [2.05, 4.69) is 4.98 Å². The van der Waals surface area contributed by atoms with Crippen molar-refractivity contribution < 1.29 is 9.90 Å². The average Bonchev–Trinajstić information content (AvgIpc) is 2.57. The van der Waals surface area contributed by atoms with Crippen LogP contribution in [0.5, 0.6) is 0 Å². The lowest BCUT2D eigenvalue weighted by Crippen LogP contribution is -2.02. The number of aromatic nitrogens is 2. The van der Waals surface area contributed by atoms with Crippen LogP contribution in [-0.4, -0.2) is 20.6 Å². The van der Waals surface area contributed by atoms with E-state index in [1.165, 1.54) is 0 Å². The Balaban J connectivity index is 2.39. The van der Waals surface area contributed by atoms with Gasteiger partial charge in [-0.15, -0.1) is 0 Å². The molecule has 0 aliphatic rings. The molecule has 1 heterocycles. The zero-order chi connectivity index (χ0) is 12.4. The van der Waals surface area contributed by atoms with Gasteiger partial charge in [0, 0.05) is 11.9 Å². The highest BCUT2D eigenvalue weighted by atomic mass is 16.4. The van der Waals surface area contributed by atoms with Gasteiger partial charge in [0.25, 0.3) is 0 Å². The summed E-state index contributed by atoms with van der Waals surface area (Å²) in [5, 5.41) is 8.77. The largest absolute Gasteiger partial charge is 0.481 e. The van der Waals surface area contributed by atoms with Crippen LogP contribution in [-0.2, 0) is 11.2 Å². The highest BCUT2D eigenvalue weighted by Gasteiger charge is 2.05. The third kappa shape index (κ3) is 2.53. The molecule has 0 aliphatic carbocycles. The molecule has 0 unspecified atom stereocenters. The number of carboxylic acid groups (broad SMARTS) is 1. The van der Waals surface area contributed by atoms with Crippen molar-refractivity contribution >= 4 is 5.97 Å². The first-order valence-corrected chi connectivity index (χ1v) is 5.40. The van der Waals surface area contributed by atoms with Gasteiger partial charge in [0.05, 0.1) is 12.1 Å². The van der Waals surface area contributed by atoms with Crippen molar-refractivity contribution in [2.45, 2.75) is 20.3 Å². The maximum absolute atomic E-state index is 10.7. The Kier molecular flexibility index (Phi) is 2.95. The molecule has 0 spiro atoms. The molecular formula is C13H14N2O2. The Morgan fingerprint density at radius 2 is 2.18 bits per heavy atom. The number of hydrogen-bond acceptors (Lipinski definition) is 2. The molecule has 2 rings (SSSR count). The van der Waals surface area contributed by atoms with E-state index in [1.807, 2.05) is 48.9 Å². The van der Waals surface area contributed by atoms with Crippen molar-refractivity contribution in [3.05, 3.63) is 47.5 Å². The van der Waals surface area contributed by atoms with Crippen LogP contribution in [0.1, 0.15) is 17.1 Å². The minimum Gasteiger partial charge on any atom is -0.481 e. The summed E-state index contributed by atoms with van der Waals surface area (Å²) in [6, 6.07) is 7.50. The quantitative estimate of drug-likeness (QED) is 0.878. The van der Waals surface area contributed by atoms with Gasteiger partial charge in [-0.25, -0.2) is 4.98 Å². The number of nitrogens with zero attached hydrogens (tertiary/aromatic N) is 2. The van der Waals surface area contributed by atoms with E-state index in [-0.39, 0.29) is 6.42 Å². The van der Waals surface area contributed by atoms with Crippen LogP contribution < -0.4 is 0 Å². The zero-order valence-electron chi connectivity index (χ0n) is 9.84. The standard InChI is InChI=1S/C13H14N2O2/c1-9-8-15(10(2)14-9)12-5-3-4-11(6-12)7-13(16)17/h3-6,8H,7H2,1-2H3,(H,16,17). The molecule has 0 fully saturated rings. The summed E-state index contributed by atoms with van der Waals surface area (Å²) in [4.78, 5) is 15.0. The summed E-state index contributed by atoms with van der Waals surface area (Å²) < 4.78 is 1.96. The molecule has 4 nitrogen and oxygen atoms in total. The molecule has 1 N–H and O–H groups in total. The summed E-state index contributed by atoms with van der Waals surface area (Å²) in [5.41, 5.74) is 2.69. The molecule has 88 valence electrons. The Morgan fingerprint density at radius 3 is 2.76 bits per heavy atom. The highest BCUT2D eigenvalue weighted by Crippen LogP contribution is 2.14. The topological polar surface area (TPSA) is 55.1 Å². The fourth-order valence-corrected chi connectivity index (χ4v) is 1.87. The van der Waals surface area contributed by atoms with Crippen LogP contribution in [0.15, 0.2) is 30.5 Å². The Bertz CT molecular complexity index is 558. The first kappa shape index (κ1) is 11.4. The maximum Gasteiger partial charge on any atom is 0.307 e. The summed E-state index contributed by atoms with van der Waals surface area (Å²) in [6.07, 6.45) is 1.98. The van der Waals surface area contributed by atoms with Gasteiger partial charge in [-0.1, -0.05) is 12.1 Å². The van der Waals surface area contributed by atoms with E-state index in [4.69, 9.17) is 5.11 Å².